The van der Waals surface area contributed by atoms with E-state index in [9.17, 15) is 24.0 Å². The third kappa shape index (κ3) is 12.7. The number of rotatable bonds is 9. The quantitative estimate of drug-likeness (QED) is 0.252. The fraction of sp³-hybridized carbons (Fsp3) is 0.686. The van der Waals surface area contributed by atoms with Gasteiger partial charge < -0.3 is 61.6 Å². The smallest absolute Gasteiger partial charge is 0.303 e. The van der Waals surface area contributed by atoms with Crippen molar-refractivity contribution in [3.8, 4) is 0 Å². The van der Waals surface area contributed by atoms with E-state index in [1.807, 2.05) is 30.3 Å². The van der Waals surface area contributed by atoms with Crippen molar-refractivity contribution >= 4 is 29.8 Å². The van der Waals surface area contributed by atoms with Crippen LogP contribution in [-0.4, -0.2) is 144 Å². The van der Waals surface area contributed by atoms with Crippen LogP contribution >= 0.6 is 0 Å². The second-order valence-electron chi connectivity index (χ2n) is 12.3. The van der Waals surface area contributed by atoms with Crippen LogP contribution in [0.4, 0.5) is 0 Å². The van der Waals surface area contributed by atoms with Crippen molar-refractivity contribution < 1.29 is 85.6 Å². The molecule has 3 aliphatic rings. The number of esters is 5. The Kier molecular flexibility index (Phi) is 16.4. The largest absolute Gasteiger partial charge is 0.456 e. The zero-order valence-electron chi connectivity index (χ0n) is 30.4. The molecule has 296 valence electrons. The lowest BCUT2D eigenvalue weighted by Gasteiger charge is -2.46. The Balaban J connectivity index is 1.83. The first kappa shape index (κ1) is 42.0. The van der Waals surface area contributed by atoms with Gasteiger partial charge in [0.05, 0.1) is 59.5 Å². The van der Waals surface area contributed by atoms with Crippen LogP contribution in [0.1, 0.15) is 40.2 Å². The van der Waals surface area contributed by atoms with Crippen molar-refractivity contribution in [3.05, 3.63) is 35.9 Å². The van der Waals surface area contributed by atoms with E-state index in [0.29, 0.717) is 0 Å². The highest BCUT2D eigenvalue weighted by molar-refractivity contribution is 5.69. The van der Waals surface area contributed by atoms with Crippen molar-refractivity contribution in [2.75, 3.05) is 59.5 Å². The topological polar surface area (TPSA) is 205 Å². The maximum atomic E-state index is 12.7. The second kappa shape index (κ2) is 20.6. The molecule has 1 aromatic carbocycles. The van der Waals surface area contributed by atoms with Crippen molar-refractivity contribution in [1.29, 1.82) is 0 Å². The molecule has 18 nitrogen and oxygen atoms in total. The summed E-state index contributed by atoms with van der Waals surface area (Å²) in [6, 6.07) is 9.10. The van der Waals surface area contributed by atoms with Gasteiger partial charge in [0.25, 0.3) is 0 Å². The molecular weight excluding hydrogens is 708 g/mol. The van der Waals surface area contributed by atoms with E-state index in [-0.39, 0.29) is 59.5 Å². The summed E-state index contributed by atoms with van der Waals surface area (Å²) >= 11 is 0. The van der Waals surface area contributed by atoms with E-state index in [4.69, 9.17) is 61.6 Å². The zero-order chi connectivity index (χ0) is 38.4. The van der Waals surface area contributed by atoms with Gasteiger partial charge in [-0.25, -0.2) is 0 Å². The highest BCUT2D eigenvalue weighted by Crippen LogP contribution is 2.41. The molecule has 3 fully saturated rings. The van der Waals surface area contributed by atoms with Crippen molar-refractivity contribution in [2.45, 2.75) is 96.0 Å². The van der Waals surface area contributed by atoms with E-state index in [1.165, 1.54) is 6.92 Å². The molecular formula is C35H48O18. The highest BCUT2D eigenvalue weighted by atomic mass is 16.8. The first-order valence-electron chi connectivity index (χ1n) is 17.2. The maximum Gasteiger partial charge on any atom is 0.303 e. The Morgan fingerprint density at radius 1 is 0.585 bits per heavy atom. The molecule has 9 atom stereocenters. The Hall–Kier alpha value is -3.75. The molecule has 3 saturated heterocycles. The summed E-state index contributed by atoms with van der Waals surface area (Å²) in [5, 5.41) is 0. The van der Waals surface area contributed by atoms with Crippen LogP contribution in [0.3, 0.4) is 0 Å². The first-order chi connectivity index (χ1) is 25.4. The van der Waals surface area contributed by atoms with Crippen LogP contribution in [0, 0.1) is 0 Å². The third-order valence-corrected chi connectivity index (χ3v) is 7.95. The average molecular weight is 757 g/mol. The molecule has 0 saturated carbocycles. The van der Waals surface area contributed by atoms with Gasteiger partial charge in [-0.3, -0.25) is 24.0 Å². The monoisotopic (exact) mass is 756 g/mol. The lowest BCUT2D eigenvalue weighted by atomic mass is 9.97. The normalized spacial score (nSPS) is 31.4. The fourth-order valence-electron chi connectivity index (χ4n) is 6.00. The Bertz CT molecular complexity index is 1360. The minimum absolute atomic E-state index is 0.0286. The first-order valence-corrected chi connectivity index (χ1v) is 17.2. The lowest BCUT2D eigenvalue weighted by Crippen LogP contribution is -2.65. The molecule has 0 aromatic heterocycles. The predicted molar refractivity (Wildman–Crippen MR) is 174 cm³/mol. The summed E-state index contributed by atoms with van der Waals surface area (Å²) in [4.78, 5) is 62.6. The van der Waals surface area contributed by atoms with Gasteiger partial charge in [0, 0.05) is 34.6 Å². The molecule has 0 aliphatic carbocycles. The van der Waals surface area contributed by atoms with Crippen molar-refractivity contribution in [1.82, 2.24) is 0 Å². The molecule has 3 aliphatic heterocycles. The van der Waals surface area contributed by atoms with Gasteiger partial charge in [0.2, 0.25) is 12.1 Å². The lowest BCUT2D eigenvalue weighted by molar-refractivity contribution is -0.387. The Morgan fingerprint density at radius 3 is 1.64 bits per heavy atom. The summed E-state index contributed by atoms with van der Waals surface area (Å²) in [6.45, 7) is 5.83. The Labute approximate surface area is 306 Å². The summed E-state index contributed by atoms with van der Waals surface area (Å²) in [6.07, 6.45) is -11.3. The number of carbonyl (C=O) groups is 5. The third-order valence-electron chi connectivity index (χ3n) is 7.95. The van der Waals surface area contributed by atoms with Gasteiger partial charge in [-0.05, 0) is 5.56 Å². The van der Waals surface area contributed by atoms with Gasteiger partial charge >= 0.3 is 29.8 Å². The van der Waals surface area contributed by atoms with E-state index in [1.54, 1.807) is 0 Å². The van der Waals surface area contributed by atoms with Crippen LogP contribution in [0.25, 0.3) is 0 Å². The molecule has 3 heterocycles. The molecule has 4 bridgehead atoms. The van der Waals surface area contributed by atoms with Gasteiger partial charge in [-0.2, -0.15) is 0 Å². The van der Waals surface area contributed by atoms with Crippen LogP contribution in [0.2, 0.25) is 0 Å². The van der Waals surface area contributed by atoms with Crippen molar-refractivity contribution in [2.24, 2.45) is 0 Å². The molecule has 0 N–H and O–H groups in total. The number of ether oxygens (including phenoxy) is 13. The summed E-state index contributed by atoms with van der Waals surface area (Å²) in [5.74, 6) is -6.10. The van der Waals surface area contributed by atoms with Crippen LogP contribution in [0.5, 0.6) is 0 Å². The van der Waals surface area contributed by atoms with E-state index in [2.05, 4.69) is 0 Å². The molecule has 0 radical (unpaired) electrons. The minimum Gasteiger partial charge on any atom is -0.456 e. The molecule has 1 aromatic rings. The van der Waals surface area contributed by atoms with Crippen LogP contribution in [0.15, 0.2) is 30.3 Å². The maximum absolute atomic E-state index is 12.7. The number of fused-ring (bicyclic) bond motifs is 4. The molecule has 18 heteroatoms. The van der Waals surface area contributed by atoms with Gasteiger partial charge in [0.15, 0.2) is 30.5 Å². The zero-order valence-corrected chi connectivity index (χ0v) is 30.4. The van der Waals surface area contributed by atoms with Crippen molar-refractivity contribution in [3.63, 3.8) is 0 Å². The van der Waals surface area contributed by atoms with E-state index in [0.717, 1.165) is 33.3 Å². The molecule has 0 spiro atoms. The summed E-state index contributed by atoms with van der Waals surface area (Å²) in [5.41, 5.74) is 0.769. The second-order valence-corrected chi connectivity index (χ2v) is 12.3. The van der Waals surface area contributed by atoms with Crippen LogP contribution in [-0.2, 0) is 92.2 Å². The molecule has 4 rings (SSSR count). The number of hydrogen-bond donors (Lipinski definition) is 0. The van der Waals surface area contributed by atoms with Gasteiger partial charge in [-0.1, -0.05) is 30.3 Å². The highest BCUT2D eigenvalue weighted by Gasteiger charge is 2.64. The van der Waals surface area contributed by atoms with E-state index < -0.39 is 91.3 Å². The van der Waals surface area contributed by atoms with Gasteiger partial charge in [-0.15, -0.1) is 0 Å². The predicted octanol–water partition coefficient (Wildman–Crippen LogP) is 0.778. The SMILES string of the molecule is CC(=O)O[C@@H]1[C@@H](OC(C)=O)[C@@H]2O[C@H](COCCOCCOCCOC[C@H]3O[C@@](COCc4ccccc4)(O2)[C@@H](OC(C)=O)[C@@H]3OC(C)=O)[C@H]1OC(C)=O. The minimum atomic E-state index is -2.16. The molecule has 0 amide bonds. The van der Waals surface area contributed by atoms with Crippen LogP contribution < -0.4 is 0 Å². The number of benzene rings is 1. The average Bonchev–Trinajstić information content (AvgIpc) is 3.34. The Morgan fingerprint density at radius 2 is 1.08 bits per heavy atom. The molecule has 53 heavy (non-hydrogen) atoms. The summed E-state index contributed by atoms with van der Waals surface area (Å²) < 4.78 is 76.6. The summed E-state index contributed by atoms with van der Waals surface area (Å²) in [7, 11) is 0. The van der Waals surface area contributed by atoms with E-state index >= 15 is 0 Å². The molecule has 0 unspecified atom stereocenters. The standard InChI is InChI=1S/C35H48O18/c1-21(36)46-29-27-18-43-15-13-41-11-12-42-14-16-44-19-28-30(47-22(2)37)33(50-25(5)40)35(52-28,20-45-17-26-9-7-6-8-10-26)53-34(51-27)32(49-24(4)39)31(29)48-23(3)38/h6-10,27-34H,11-20H2,1-5H3/t27-,28-,29-,30-,31+,32-,33+,34-,35+/m1/s1. The number of carbonyl (C=O) groups excluding carboxylic acids is 5. The fourth-order valence-corrected chi connectivity index (χ4v) is 6.00. The number of hydrogen-bond acceptors (Lipinski definition) is 18. The van der Waals surface area contributed by atoms with Gasteiger partial charge in [0.1, 0.15) is 18.8 Å².